The van der Waals surface area contributed by atoms with Crippen molar-refractivity contribution >= 4 is 40.3 Å². The van der Waals surface area contributed by atoms with Crippen molar-refractivity contribution in [2.75, 3.05) is 4.90 Å². The number of carbonyl (C=O) groups excluding carboxylic acids is 3. The Labute approximate surface area is 188 Å². The van der Waals surface area contributed by atoms with Gasteiger partial charge in [-0.2, -0.15) is 5.10 Å². The Balaban J connectivity index is 1.43. The third-order valence-corrected chi connectivity index (χ3v) is 6.68. The average molecular weight is 439 g/mol. The van der Waals surface area contributed by atoms with Gasteiger partial charge in [-0.1, -0.05) is 36.4 Å². The number of Topliss-reactive ketones (excluding diaryl/α,β-unsaturated/α-hetero) is 1. The fourth-order valence-corrected chi connectivity index (χ4v) is 5.19. The van der Waals surface area contributed by atoms with E-state index < -0.39 is 35.6 Å². The molecule has 7 heteroatoms. The average Bonchev–Trinajstić information content (AvgIpc) is 3.31. The minimum absolute atomic E-state index is 0.273. The van der Waals surface area contributed by atoms with Crippen molar-refractivity contribution in [1.29, 1.82) is 0 Å². The van der Waals surface area contributed by atoms with Gasteiger partial charge in [-0.3, -0.25) is 19.4 Å². The van der Waals surface area contributed by atoms with E-state index in [0.29, 0.717) is 5.69 Å². The van der Waals surface area contributed by atoms with E-state index in [1.54, 1.807) is 29.4 Å². The Hall–Kier alpha value is -4.13. The van der Waals surface area contributed by atoms with Crippen LogP contribution in [0, 0.1) is 17.7 Å². The molecule has 6 nitrogen and oxygen atoms in total. The highest BCUT2D eigenvalue weighted by atomic mass is 19.1. The molecule has 0 spiro atoms. The lowest BCUT2D eigenvalue weighted by Gasteiger charge is -2.30. The lowest BCUT2D eigenvalue weighted by Crippen LogP contribution is -2.46. The number of hydrogen-bond donors (Lipinski definition) is 0. The second-order valence-corrected chi connectivity index (χ2v) is 8.43. The summed E-state index contributed by atoms with van der Waals surface area (Å²) >= 11 is 0. The fraction of sp³-hybridized carbons (Fsp3) is 0.154. The van der Waals surface area contributed by atoms with Crippen molar-refractivity contribution < 1.29 is 18.8 Å². The van der Waals surface area contributed by atoms with Crippen LogP contribution in [-0.2, 0) is 9.59 Å². The second-order valence-electron chi connectivity index (χ2n) is 8.43. The zero-order valence-corrected chi connectivity index (χ0v) is 17.3. The normalized spacial score (nSPS) is 25.6. The summed E-state index contributed by atoms with van der Waals surface area (Å²) in [6.07, 6.45) is 5.07. The van der Waals surface area contributed by atoms with E-state index in [-0.39, 0.29) is 17.3 Å². The van der Waals surface area contributed by atoms with Gasteiger partial charge < -0.3 is 0 Å². The number of fused-ring (bicyclic) bond motifs is 4. The number of rotatable bonds is 3. The van der Waals surface area contributed by atoms with Crippen molar-refractivity contribution in [1.82, 2.24) is 5.01 Å². The van der Waals surface area contributed by atoms with Gasteiger partial charge in [0.25, 0.3) is 0 Å². The molecular weight excluding hydrogens is 421 g/mol. The van der Waals surface area contributed by atoms with E-state index in [2.05, 4.69) is 5.10 Å². The highest BCUT2D eigenvalue weighted by molar-refractivity contribution is 6.25. The number of nitrogens with zero attached hydrogens (tertiary/aromatic N) is 3. The van der Waals surface area contributed by atoms with Crippen LogP contribution in [0.4, 0.5) is 10.1 Å². The number of anilines is 1. The van der Waals surface area contributed by atoms with Gasteiger partial charge in [0.05, 0.1) is 23.6 Å². The molecule has 3 aromatic rings. The van der Waals surface area contributed by atoms with Crippen LogP contribution in [0.1, 0.15) is 10.4 Å². The molecule has 162 valence electrons. The van der Waals surface area contributed by atoms with E-state index in [1.165, 1.54) is 29.2 Å². The van der Waals surface area contributed by atoms with Crippen LogP contribution in [0.15, 0.2) is 84.0 Å². The smallest absolute Gasteiger partial charge is 0.240 e. The van der Waals surface area contributed by atoms with Crippen LogP contribution >= 0.6 is 0 Å². The number of hydrazone groups is 1. The number of imide groups is 1. The summed E-state index contributed by atoms with van der Waals surface area (Å²) in [4.78, 5) is 41.9. The van der Waals surface area contributed by atoms with Crippen molar-refractivity contribution in [2.24, 2.45) is 16.9 Å². The van der Waals surface area contributed by atoms with E-state index >= 15 is 0 Å². The number of hydrogen-bond acceptors (Lipinski definition) is 5. The van der Waals surface area contributed by atoms with Gasteiger partial charge >= 0.3 is 0 Å². The molecule has 0 bridgehead atoms. The maximum Gasteiger partial charge on any atom is 0.240 e. The van der Waals surface area contributed by atoms with Crippen LogP contribution < -0.4 is 4.90 Å². The second kappa shape index (κ2) is 7.20. The van der Waals surface area contributed by atoms with Crippen LogP contribution in [0.2, 0.25) is 0 Å². The largest absolute Gasteiger partial charge is 0.292 e. The van der Waals surface area contributed by atoms with Gasteiger partial charge in [-0.15, -0.1) is 0 Å². The standard InChI is InChI=1S/C26H18FN3O3/c27-18-10-7-16(8-11-18)24(31)23-22-21(20-6-3-13-28-30(20)23)25(32)29(26(22)33)19-12-9-15-4-1-2-5-17(15)14-19/h1-14,20-23H/t20-,21-,22-,23+/m1/s1. The summed E-state index contributed by atoms with van der Waals surface area (Å²) in [5, 5.41) is 7.79. The summed E-state index contributed by atoms with van der Waals surface area (Å²) in [6, 6.07) is 16.9. The molecule has 3 aliphatic rings. The number of benzene rings is 3. The summed E-state index contributed by atoms with van der Waals surface area (Å²) in [7, 11) is 0. The third kappa shape index (κ3) is 2.85. The van der Waals surface area contributed by atoms with Gasteiger partial charge in [0, 0.05) is 11.8 Å². The molecule has 3 heterocycles. The summed E-state index contributed by atoms with van der Waals surface area (Å²) in [5.74, 6) is -3.19. The molecule has 3 aliphatic heterocycles. The van der Waals surface area contributed by atoms with Gasteiger partial charge in [0.2, 0.25) is 11.8 Å². The summed E-state index contributed by atoms with van der Waals surface area (Å²) in [5.41, 5.74) is 0.760. The predicted octanol–water partition coefficient (Wildman–Crippen LogP) is 3.58. The van der Waals surface area contributed by atoms with Crippen LogP contribution in [0.5, 0.6) is 0 Å². The van der Waals surface area contributed by atoms with Gasteiger partial charge in [0.15, 0.2) is 5.78 Å². The molecule has 33 heavy (non-hydrogen) atoms. The van der Waals surface area contributed by atoms with Crippen LogP contribution in [0.25, 0.3) is 10.8 Å². The maximum absolute atomic E-state index is 13.7. The first kappa shape index (κ1) is 19.5. The molecule has 0 radical (unpaired) electrons. The maximum atomic E-state index is 13.7. The zero-order valence-electron chi connectivity index (χ0n) is 17.3. The molecule has 0 N–H and O–H groups in total. The Bertz CT molecular complexity index is 1380. The Morgan fingerprint density at radius 3 is 2.39 bits per heavy atom. The first-order chi connectivity index (χ1) is 16.0. The molecule has 2 saturated heterocycles. The van der Waals surface area contributed by atoms with Gasteiger partial charge in [0.1, 0.15) is 11.9 Å². The molecular formula is C26H18FN3O3. The Morgan fingerprint density at radius 1 is 0.879 bits per heavy atom. The number of amides is 2. The molecule has 0 saturated carbocycles. The SMILES string of the molecule is O=C(c1ccc(F)cc1)[C@@H]1[C@@H]2C(=O)N(c3ccc4ccccc4c3)C(=O)[C@@H]2[C@H]2C=CC=NN21. The van der Waals surface area contributed by atoms with E-state index in [0.717, 1.165) is 10.8 Å². The summed E-state index contributed by atoms with van der Waals surface area (Å²) < 4.78 is 13.4. The van der Waals surface area contributed by atoms with E-state index in [1.807, 2.05) is 36.4 Å². The highest BCUT2D eigenvalue weighted by Crippen LogP contribution is 2.46. The monoisotopic (exact) mass is 439 g/mol. The van der Waals surface area contributed by atoms with Crippen LogP contribution in [0.3, 0.4) is 0 Å². The molecule has 2 amide bonds. The molecule has 4 atom stereocenters. The molecule has 0 aromatic heterocycles. The molecule has 0 aliphatic carbocycles. The summed E-state index contributed by atoms with van der Waals surface area (Å²) in [6.45, 7) is 0. The van der Waals surface area contributed by atoms with Crippen molar-refractivity contribution in [2.45, 2.75) is 12.1 Å². The Kier molecular flexibility index (Phi) is 4.26. The topological polar surface area (TPSA) is 70.0 Å². The third-order valence-electron chi connectivity index (χ3n) is 6.68. The molecule has 3 aromatic carbocycles. The van der Waals surface area contributed by atoms with Gasteiger partial charge in [-0.25, -0.2) is 9.29 Å². The lowest BCUT2D eigenvalue weighted by atomic mass is 9.86. The van der Waals surface area contributed by atoms with E-state index in [4.69, 9.17) is 0 Å². The quantitative estimate of drug-likeness (QED) is 0.462. The first-order valence-electron chi connectivity index (χ1n) is 10.7. The number of allylic oxidation sites excluding steroid dienone is 1. The molecule has 2 fully saturated rings. The van der Waals surface area contributed by atoms with Crippen molar-refractivity contribution in [3.8, 4) is 0 Å². The van der Waals surface area contributed by atoms with Crippen molar-refractivity contribution in [3.63, 3.8) is 0 Å². The zero-order chi connectivity index (χ0) is 22.7. The molecule has 6 rings (SSSR count). The highest BCUT2D eigenvalue weighted by Gasteiger charge is 2.64. The predicted molar refractivity (Wildman–Crippen MR) is 121 cm³/mol. The van der Waals surface area contributed by atoms with Crippen molar-refractivity contribution in [3.05, 3.63) is 90.3 Å². The lowest BCUT2D eigenvalue weighted by molar-refractivity contribution is -0.123. The minimum Gasteiger partial charge on any atom is -0.292 e. The Morgan fingerprint density at radius 2 is 1.61 bits per heavy atom. The number of ketones is 1. The number of carbonyl (C=O) groups is 3. The fourth-order valence-electron chi connectivity index (χ4n) is 5.19. The minimum atomic E-state index is -0.950. The number of halogens is 1. The van der Waals surface area contributed by atoms with Gasteiger partial charge in [-0.05, 0) is 53.2 Å². The molecule has 0 unspecified atom stereocenters. The first-order valence-corrected chi connectivity index (χ1v) is 10.7. The van der Waals surface area contributed by atoms with E-state index in [9.17, 15) is 18.8 Å². The van der Waals surface area contributed by atoms with Crippen LogP contribution in [-0.4, -0.2) is 40.9 Å².